The molecular formula is C14H26N4O2. The summed E-state index contributed by atoms with van der Waals surface area (Å²) in [5.74, 6) is 0.731. The van der Waals surface area contributed by atoms with Crippen LogP contribution in [0.3, 0.4) is 0 Å². The van der Waals surface area contributed by atoms with Crippen molar-refractivity contribution in [1.29, 1.82) is 0 Å². The molecule has 0 aromatic carbocycles. The highest BCUT2D eigenvalue weighted by Gasteiger charge is 2.31. The fraction of sp³-hybridized carbons (Fsp3) is 0.857. The van der Waals surface area contributed by atoms with Crippen molar-refractivity contribution in [2.45, 2.75) is 25.8 Å². The van der Waals surface area contributed by atoms with E-state index in [9.17, 15) is 9.59 Å². The third-order valence-electron chi connectivity index (χ3n) is 4.25. The maximum Gasteiger partial charge on any atom is 0.238 e. The molecule has 2 heterocycles. The van der Waals surface area contributed by atoms with Crippen LogP contribution < -0.4 is 10.6 Å². The Morgan fingerprint density at radius 3 is 2.85 bits per heavy atom. The minimum absolute atomic E-state index is 0.0167. The lowest BCUT2D eigenvalue weighted by atomic mass is 10.0. The van der Waals surface area contributed by atoms with Gasteiger partial charge in [-0.2, -0.15) is 0 Å². The van der Waals surface area contributed by atoms with Crippen molar-refractivity contribution < 1.29 is 9.59 Å². The highest BCUT2D eigenvalue weighted by Crippen LogP contribution is 2.16. The summed E-state index contributed by atoms with van der Waals surface area (Å²) in [6.45, 7) is 6.45. The van der Waals surface area contributed by atoms with E-state index in [4.69, 9.17) is 0 Å². The van der Waals surface area contributed by atoms with Gasteiger partial charge in [-0.1, -0.05) is 6.92 Å². The quantitative estimate of drug-likeness (QED) is 0.716. The molecule has 2 rings (SSSR count). The van der Waals surface area contributed by atoms with Crippen molar-refractivity contribution in [2.75, 3.05) is 46.3 Å². The van der Waals surface area contributed by atoms with Gasteiger partial charge in [0.25, 0.3) is 0 Å². The van der Waals surface area contributed by atoms with Crippen molar-refractivity contribution in [3.8, 4) is 0 Å². The molecule has 2 amide bonds. The molecule has 0 aromatic heterocycles. The zero-order valence-electron chi connectivity index (χ0n) is 12.5. The largest absolute Gasteiger partial charge is 0.358 e. The summed E-state index contributed by atoms with van der Waals surface area (Å²) in [5.41, 5.74) is 0. The molecule has 2 fully saturated rings. The van der Waals surface area contributed by atoms with E-state index in [1.165, 1.54) is 6.42 Å². The van der Waals surface area contributed by atoms with E-state index < -0.39 is 0 Å². The minimum Gasteiger partial charge on any atom is -0.358 e. The van der Waals surface area contributed by atoms with Gasteiger partial charge in [0.15, 0.2) is 0 Å². The van der Waals surface area contributed by atoms with E-state index in [0.717, 1.165) is 32.6 Å². The summed E-state index contributed by atoms with van der Waals surface area (Å²) >= 11 is 0. The predicted molar refractivity (Wildman–Crippen MR) is 77.3 cm³/mol. The first-order chi connectivity index (χ1) is 9.61. The third-order valence-corrected chi connectivity index (χ3v) is 4.25. The second-order valence-electron chi connectivity index (χ2n) is 5.89. The monoisotopic (exact) mass is 282 g/mol. The standard InChI is InChI=1S/C14H26N4O2/c1-11-4-3-6-18(9-11)13(19)10-17-7-5-16-8-12(17)14(20)15-2/h11-12,16H,3-10H2,1-2H3,(H,15,20). The van der Waals surface area contributed by atoms with Gasteiger partial charge >= 0.3 is 0 Å². The summed E-state index contributed by atoms with van der Waals surface area (Å²) < 4.78 is 0. The third kappa shape index (κ3) is 3.70. The van der Waals surface area contributed by atoms with Crippen LogP contribution >= 0.6 is 0 Å². The molecule has 0 aromatic rings. The molecule has 6 nitrogen and oxygen atoms in total. The number of likely N-dealkylation sites (N-methyl/N-ethyl adjacent to an activating group) is 1. The number of carbonyl (C=O) groups excluding carboxylic acids is 2. The first-order valence-corrected chi connectivity index (χ1v) is 7.56. The Kier molecular flexibility index (Phi) is 5.37. The number of nitrogens with zero attached hydrogens (tertiary/aromatic N) is 2. The molecule has 20 heavy (non-hydrogen) atoms. The van der Waals surface area contributed by atoms with Crippen LogP contribution in [0.15, 0.2) is 0 Å². The molecule has 0 bridgehead atoms. The van der Waals surface area contributed by atoms with E-state index in [0.29, 0.717) is 19.0 Å². The van der Waals surface area contributed by atoms with Crippen molar-refractivity contribution in [3.05, 3.63) is 0 Å². The summed E-state index contributed by atoms with van der Waals surface area (Å²) in [6, 6.07) is -0.236. The topological polar surface area (TPSA) is 64.7 Å². The van der Waals surface area contributed by atoms with Crippen molar-refractivity contribution in [1.82, 2.24) is 20.4 Å². The Morgan fingerprint density at radius 2 is 2.15 bits per heavy atom. The molecule has 2 unspecified atom stereocenters. The normalized spacial score (nSPS) is 28.2. The molecular weight excluding hydrogens is 256 g/mol. The van der Waals surface area contributed by atoms with Crippen LogP contribution in [0.2, 0.25) is 0 Å². The van der Waals surface area contributed by atoms with E-state index in [2.05, 4.69) is 17.6 Å². The van der Waals surface area contributed by atoms with Gasteiger partial charge in [0.05, 0.1) is 6.54 Å². The highest BCUT2D eigenvalue weighted by molar-refractivity contribution is 5.84. The zero-order chi connectivity index (χ0) is 14.5. The van der Waals surface area contributed by atoms with Crippen LogP contribution in [0.4, 0.5) is 0 Å². The minimum atomic E-state index is -0.236. The first-order valence-electron chi connectivity index (χ1n) is 7.56. The Morgan fingerprint density at radius 1 is 1.35 bits per heavy atom. The smallest absolute Gasteiger partial charge is 0.238 e. The number of piperazine rings is 1. The lowest BCUT2D eigenvalue weighted by Gasteiger charge is -2.37. The van der Waals surface area contributed by atoms with Gasteiger partial charge in [0.1, 0.15) is 6.04 Å². The van der Waals surface area contributed by atoms with E-state index in [-0.39, 0.29) is 17.9 Å². The lowest BCUT2D eigenvalue weighted by Crippen LogP contribution is -2.59. The van der Waals surface area contributed by atoms with Crippen LogP contribution in [0, 0.1) is 5.92 Å². The van der Waals surface area contributed by atoms with Gasteiger partial charge in [0, 0.05) is 39.8 Å². The van der Waals surface area contributed by atoms with Gasteiger partial charge in [-0.3, -0.25) is 14.5 Å². The molecule has 0 radical (unpaired) electrons. The maximum atomic E-state index is 12.4. The molecule has 0 aliphatic carbocycles. The number of rotatable bonds is 3. The summed E-state index contributed by atoms with van der Waals surface area (Å²) in [6.07, 6.45) is 2.30. The van der Waals surface area contributed by atoms with Crippen LogP contribution in [-0.2, 0) is 9.59 Å². The summed E-state index contributed by atoms with van der Waals surface area (Å²) in [5, 5.41) is 5.89. The molecule has 0 saturated carbocycles. The molecule has 2 N–H and O–H groups in total. The van der Waals surface area contributed by atoms with Gasteiger partial charge in [-0.15, -0.1) is 0 Å². The molecule has 2 saturated heterocycles. The second kappa shape index (κ2) is 7.04. The molecule has 2 atom stereocenters. The Bertz CT molecular complexity index is 361. The van der Waals surface area contributed by atoms with Crippen molar-refractivity contribution >= 4 is 11.8 Å². The first kappa shape index (κ1) is 15.3. The van der Waals surface area contributed by atoms with Crippen LogP contribution in [0.5, 0.6) is 0 Å². The number of hydrogen-bond donors (Lipinski definition) is 2. The number of nitrogens with one attached hydrogen (secondary N) is 2. The number of piperidine rings is 1. The number of likely N-dealkylation sites (tertiary alicyclic amines) is 1. The second-order valence-corrected chi connectivity index (χ2v) is 5.89. The average Bonchev–Trinajstić information content (AvgIpc) is 2.47. The SMILES string of the molecule is CNC(=O)C1CNCCN1CC(=O)N1CCCC(C)C1. The fourth-order valence-electron chi connectivity index (χ4n) is 3.05. The van der Waals surface area contributed by atoms with Crippen LogP contribution in [-0.4, -0.2) is 74.0 Å². The van der Waals surface area contributed by atoms with Crippen molar-refractivity contribution in [3.63, 3.8) is 0 Å². The van der Waals surface area contributed by atoms with Gasteiger partial charge in [0.2, 0.25) is 11.8 Å². The Balaban J connectivity index is 1.92. The predicted octanol–water partition coefficient (Wildman–Crippen LogP) is -0.735. The van der Waals surface area contributed by atoms with E-state index >= 15 is 0 Å². The zero-order valence-corrected chi connectivity index (χ0v) is 12.5. The van der Waals surface area contributed by atoms with E-state index in [1.807, 2.05) is 9.80 Å². The van der Waals surface area contributed by atoms with Gasteiger partial charge in [-0.25, -0.2) is 0 Å². The molecule has 6 heteroatoms. The number of hydrogen-bond acceptors (Lipinski definition) is 4. The molecule has 0 spiro atoms. The fourth-order valence-corrected chi connectivity index (χ4v) is 3.05. The summed E-state index contributed by atoms with van der Waals surface area (Å²) in [7, 11) is 1.64. The Hall–Kier alpha value is -1.14. The molecule has 2 aliphatic rings. The molecule has 114 valence electrons. The summed E-state index contributed by atoms with van der Waals surface area (Å²) in [4.78, 5) is 28.2. The average molecular weight is 282 g/mol. The van der Waals surface area contributed by atoms with Crippen LogP contribution in [0.1, 0.15) is 19.8 Å². The van der Waals surface area contributed by atoms with Gasteiger partial charge in [-0.05, 0) is 18.8 Å². The maximum absolute atomic E-state index is 12.4. The molecule has 2 aliphatic heterocycles. The van der Waals surface area contributed by atoms with Gasteiger partial charge < -0.3 is 15.5 Å². The van der Waals surface area contributed by atoms with E-state index in [1.54, 1.807) is 7.05 Å². The van der Waals surface area contributed by atoms with Crippen LogP contribution in [0.25, 0.3) is 0 Å². The van der Waals surface area contributed by atoms with Crippen molar-refractivity contribution in [2.24, 2.45) is 5.92 Å². The number of carbonyl (C=O) groups is 2. The number of amides is 2. The lowest BCUT2D eigenvalue weighted by molar-refractivity contribution is -0.136. The highest BCUT2D eigenvalue weighted by atomic mass is 16.2. The Labute approximate surface area is 120 Å².